The average molecular weight is 343 g/mol. The number of benzene rings is 1. The van der Waals surface area contributed by atoms with Crippen molar-refractivity contribution in [3.05, 3.63) is 48.4 Å². The molecular formula is C14H19ClN4O2S. The van der Waals surface area contributed by atoms with E-state index in [9.17, 15) is 8.42 Å². The van der Waals surface area contributed by atoms with Crippen molar-refractivity contribution in [3.8, 4) is 0 Å². The topological polar surface area (TPSA) is 81.2 Å². The van der Waals surface area contributed by atoms with Crippen LogP contribution >= 0.6 is 12.4 Å². The van der Waals surface area contributed by atoms with E-state index in [1.165, 1.54) is 16.8 Å². The van der Waals surface area contributed by atoms with Gasteiger partial charge in [-0.25, -0.2) is 13.4 Å². The van der Waals surface area contributed by atoms with Crippen molar-refractivity contribution in [2.24, 2.45) is 12.8 Å². The van der Waals surface area contributed by atoms with E-state index in [-0.39, 0.29) is 29.4 Å². The fourth-order valence-corrected chi connectivity index (χ4v) is 4.16. The minimum atomic E-state index is -3.57. The number of halogens is 1. The predicted octanol–water partition coefficient (Wildman–Crippen LogP) is 0.957. The summed E-state index contributed by atoms with van der Waals surface area (Å²) in [6, 6.07) is 9.59. The van der Waals surface area contributed by atoms with Gasteiger partial charge in [0.15, 0.2) is 5.03 Å². The van der Waals surface area contributed by atoms with Crippen LogP contribution in [0.15, 0.2) is 47.9 Å². The molecule has 2 N–H and O–H groups in total. The molecule has 1 aliphatic heterocycles. The summed E-state index contributed by atoms with van der Waals surface area (Å²) in [5.74, 6) is 0.0182. The average Bonchev–Trinajstić information content (AvgIpc) is 3.07. The minimum absolute atomic E-state index is 0. The van der Waals surface area contributed by atoms with E-state index in [1.807, 2.05) is 30.3 Å². The molecule has 22 heavy (non-hydrogen) atoms. The highest BCUT2D eigenvalue weighted by atomic mass is 35.5. The van der Waals surface area contributed by atoms with Crippen molar-refractivity contribution in [1.29, 1.82) is 0 Å². The first-order valence-corrected chi connectivity index (χ1v) is 8.21. The molecule has 3 rings (SSSR count). The molecule has 0 bridgehead atoms. The van der Waals surface area contributed by atoms with Gasteiger partial charge in [-0.05, 0) is 5.56 Å². The van der Waals surface area contributed by atoms with E-state index in [4.69, 9.17) is 5.73 Å². The van der Waals surface area contributed by atoms with Crippen LogP contribution < -0.4 is 5.73 Å². The van der Waals surface area contributed by atoms with Gasteiger partial charge in [0, 0.05) is 38.3 Å². The third-order valence-corrected chi connectivity index (χ3v) is 5.56. The summed E-state index contributed by atoms with van der Waals surface area (Å²) < 4.78 is 28.2. The van der Waals surface area contributed by atoms with Gasteiger partial charge in [0.1, 0.15) is 0 Å². The highest BCUT2D eigenvalue weighted by Crippen LogP contribution is 2.29. The zero-order chi connectivity index (χ0) is 15.0. The van der Waals surface area contributed by atoms with Crippen LogP contribution in [-0.4, -0.2) is 41.4 Å². The first-order chi connectivity index (χ1) is 9.98. The summed E-state index contributed by atoms with van der Waals surface area (Å²) in [6.07, 6.45) is 2.99. The Bertz CT molecular complexity index is 732. The van der Waals surface area contributed by atoms with E-state index in [2.05, 4.69) is 4.98 Å². The second kappa shape index (κ2) is 6.37. The predicted molar refractivity (Wildman–Crippen MR) is 86.4 cm³/mol. The molecule has 1 aromatic heterocycles. The van der Waals surface area contributed by atoms with Gasteiger partial charge in [-0.3, -0.25) is 0 Å². The maximum absolute atomic E-state index is 12.6. The molecule has 0 spiro atoms. The third kappa shape index (κ3) is 3.03. The SMILES string of the molecule is Cl.Cn1cnc(S(=O)(=O)N2C[C@@H](N)[C@H](c3ccccc3)C2)c1. The van der Waals surface area contributed by atoms with Gasteiger partial charge in [0.05, 0.1) is 6.33 Å². The highest BCUT2D eigenvalue weighted by Gasteiger charge is 2.39. The van der Waals surface area contributed by atoms with Gasteiger partial charge < -0.3 is 10.3 Å². The molecule has 2 atom stereocenters. The molecule has 1 saturated heterocycles. The van der Waals surface area contributed by atoms with Gasteiger partial charge in [-0.15, -0.1) is 12.4 Å². The largest absolute Gasteiger partial charge is 0.339 e. The molecule has 0 radical (unpaired) electrons. The fourth-order valence-electron chi connectivity index (χ4n) is 2.70. The molecule has 0 amide bonds. The van der Waals surface area contributed by atoms with Crippen LogP contribution in [0.5, 0.6) is 0 Å². The van der Waals surface area contributed by atoms with E-state index in [1.54, 1.807) is 11.6 Å². The molecular weight excluding hydrogens is 324 g/mol. The molecule has 1 aliphatic rings. The van der Waals surface area contributed by atoms with Gasteiger partial charge >= 0.3 is 0 Å². The van der Waals surface area contributed by atoms with E-state index in [0.29, 0.717) is 13.1 Å². The van der Waals surface area contributed by atoms with Crippen molar-refractivity contribution in [3.63, 3.8) is 0 Å². The summed E-state index contributed by atoms with van der Waals surface area (Å²) >= 11 is 0. The third-order valence-electron chi connectivity index (χ3n) is 3.84. The Hall–Kier alpha value is -1.41. The maximum atomic E-state index is 12.6. The highest BCUT2D eigenvalue weighted by molar-refractivity contribution is 7.89. The van der Waals surface area contributed by atoms with Crippen LogP contribution in [0.25, 0.3) is 0 Å². The number of imidazole rings is 1. The van der Waals surface area contributed by atoms with Gasteiger partial charge in [0.25, 0.3) is 10.0 Å². The van der Waals surface area contributed by atoms with Gasteiger partial charge in [0.2, 0.25) is 0 Å². The first-order valence-electron chi connectivity index (χ1n) is 6.77. The lowest BCUT2D eigenvalue weighted by molar-refractivity contribution is 0.467. The Morgan fingerprint density at radius 1 is 1.23 bits per heavy atom. The molecule has 0 saturated carbocycles. The zero-order valence-electron chi connectivity index (χ0n) is 12.2. The van der Waals surface area contributed by atoms with Crippen molar-refractivity contribution in [2.75, 3.05) is 13.1 Å². The van der Waals surface area contributed by atoms with Crippen LogP contribution in [0.3, 0.4) is 0 Å². The maximum Gasteiger partial charge on any atom is 0.262 e. The number of sulfonamides is 1. The van der Waals surface area contributed by atoms with E-state index >= 15 is 0 Å². The lowest BCUT2D eigenvalue weighted by Crippen LogP contribution is -2.32. The number of rotatable bonds is 3. The summed E-state index contributed by atoms with van der Waals surface area (Å²) in [5.41, 5.74) is 7.22. The summed E-state index contributed by atoms with van der Waals surface area (Å²) in [7, 11) is -1.83. The zero-order valence-corrected chi connectivity index (χ0v) is 13.8. The number of nitrogens with zero attached hydrogens (tertiary/aromatic N) is 3. The Kier molecular flexibility index (Phi) is 4.91. The first kappa shape index (κ1) is 17.0. The Labute approximate surface area is 136 Å². The molecule has 0 unspecified atom stereocenters. The van der Waals surface area contributed by atoms with E-state index < -0.39 is 10.0 Å². The van der Waals surface area contributed by atoms with Crippen molar-refractivity contribution in [1.82, 2.24) is 13.9 Å². The van der Waals surface area contributed by atoms with E-state index in [0.717, 1.165) is 5.56 Å². The summed E-state index contributed by atoms with van der Waals surface area (Å²) in [5, 5.41) is 0.0749. The summed E-state index contributed by atoms with van der Waals surface area (Å²) in [6.45, 7) is 0.711. The number of hydrogen-bond acceptors (Lipinski definition) is 4. The molecule has 8 heteroatoms. The smallest absolute Gasteiger partial charge is 0.262 e. The monoisotopic (exact) mass is 342 g/mol. The summed E-state index contributed by atoms with van der Waals surface area (Å²) in [4.78, 5) is 3.95. The normalized spacial score (nSPS) is 22.5. The second-order valence-electron chi connectivity index (χ2n) is 5.38. The van der Waals surface area contributed by atoms with Crippen molar-refractivity contribution < 1.29 is 8.42 Å². The van der Waals surface area contributed by atoms with Gasteiger partial charge in [-0.1, -0.05) is 30.3 Å². The molecule has 0 aliphatic carbocycles. The van der Waals surface area contributed by atoms with Crippen LogP contribution in [-0.2, 0) is 17.1 Å². The molecule has 1 fully saturated rings. The second-order valence-corrected chi connectivity index (χ2v) is 7.27. The van der Waals surface area contributed by atoms with Gasteiger partial charge in [-0.2, -0.15) is 4.31 Å². The van der Waals surface area contributed by atoms with Crippen LogP contribution in [0.2, 0.25) is 0 Å². The van der Waals surface area contributed by atoms with Crippen LogP contribution in [0, 0.1) is 0 Å². The quantitative estimate of drug-likeness (QED) is 0.900. The number of nitrogens with two attached hydrogens (primary N) is 1. The number of aromatic nitrogens is 2. The molecule has 2 aromatic rings. The molecule has 2 heterocycles. The Morgan fingerprint density at radius 2 is 1.91 bits per heavy atom. The lowest BCUT2D eigenvalue weighted by atomic mass is 9.95. The molecule has 1 aromatic carbocycles. The fraction of sp³-hybridized carbons (Fsp3) is 0.357. The van der Waals surface area contributed by atoms with Crippen LogP contribution in [0.1, 0.15) is 11.5 Å². The van der Waals surface area contributed by atoms with Crippen molar-refractivity contribution >= 4 is 22.4 Å². The van der Waals surface area contributed by atoms with Crippen LogP contribution in [0.4, 0.5) is 0 Å². The minimum Gasteiger partial charge on any atom is -0.339 e. The Morgan fingerprint density at radius 3 is 2.50 bits per heavy atom. The lowest BCUT2D eigenvalue weighted by Gasteiger charge is -2.15. The van der Waals surface area contributed by atoms with Crippen molar-refractivity contribution in [2.45, 2.75) is 17.0 Å². The number of hydrogen-bond donors (Lipinski definition) is 1. The Balaban J connectivity index is 0.00000176. The molecule has 6 nitrogen and oxygen atoms in total. The number of aryl methyl sites for hydroxylation is 1. The standard InChI is InChI=1S/C14H18N4O2S.ClH/c1-17-9-14(16-10-17)21(19,20)18-7-12(13(15)8-18)11-5-3-2-4-6-11;/h2-6,9-10,12-13H,7-8,15H2,1H3;1H/t12-,13+;/m0./s1. The molecule has 120 valence electrons.